The third kappa shape index (κ3) is 2.36. The van der Waals surface area contributed by atoms with Gasteiger partial charge in [0.15, 0.2) is 0 Å². The number of aromatic hydroxyl groups is 1. The zero-order valence-corrected chi connectivity index (χ0v) is 11.9. The maximum atomic E-state index is 11.0. The molecule has 0 aliphatic carbocycles. The number of pyridine rings is 1. The molecule has 2 aromatic carbocycles. The van der Waals surface area contributed by atoms with Gasteiger partial charge in [0, 0.05) is 16.5 Å². The van der Waals surface area contributed by atoms with Crippen LogP contribution in [-0.2, 0) is 0 Å². The molecule has 0 aliphatic rings. The number of aromatic amines is 1. The molecule has 0 saturated carbocycles. The standard InChI is InChI=1S/C17H11N3O3/c21-14-3-1-2-11-8-9-13(18-15(11)14)10-4-6-12(7-5-10)16-19-17(22)20-23-16/h1-9,21H,(H,20,22). The van der Waals surface area contributed by atoms with Gasteiger partial charge in [0.2, 0.25) is 0 Å². The fourth-order valence-electron chi connectivity index (χ4n) is 2.43. The van der Waals surface area contributed by atoms with E-state index in [9.17, 15) is 9.90 Å². The minimum atomic E-state index is -0.518. The van der Waals surface area contributed by atoms with Crippen LogP contribution in [0.1, 0.15) is 0 Å². The first kappa shape index (κ1) is 13.3. The first-order valence-corrected chi connectivity index (χ1v) is 6.96. The van der Waals surface area contributed by atoms with Crippen molar-refractivity contribution in [2.75, 3.05) is 0 Å². The predicted molar refractivity (Wildman–Crippen MR) is 85.0 cm³/mol. The second-order valence-electron chi connectivity index (χ2n) is 5.05. The van der Waals surface area contributed by atoms with Gasteiger partial charge < -0.3 is 9.63 Å². The van der Waals surface area contributed by atoms with Crippen molar-refractivity contribution in [3.05, 3.63) is 65.1 Å². The van der Waals surface area contributed by atoms with Gasteiger partial charge in [-0.25, -0.2) is 9.78 Å². The molecule has 4 aromatic rings. The van der Waals surface area contributed by atoms with Gasteiger partial charge in [-0.05, 0) is 24.3 Å². The van der Waals surface area contributed by atoms with E-state index in [2.05, 4.69) is 15.1 Å². The SMILES string of the molecule is O=c1nc(-c2ccc(-c3ccc4cccc(O)c4n3)cc2)o[nH]1. The highest BCUT2D eigenvalue weighted by molar-refractivity contribution is 5.86. The molecular formula is C17H11N3O3. The Morgan fingerprint density at radius 1 is 0.913 bits per heavy atom. The molecule has 0 fully saturated rings. The molecule has 0 saturated heterocycles. The van der Waals surface area contributed by atoms with Crippen LogP contribution in [0.15, 0.2) is 63.9 Å². The number of hydrogen-bond donors (Lipinski definition) is 2. The Balaban J connectivity index is 1.76. The average molecular weight is 305 g/mol. The molecule has 0 spiro atoms. The zero-order valence-electron chi connectivity index (χ0n) is 11.9. The van der Waals surface area contributed by atoms with E-state index < -0.39 is 5.69 Å². The predicted octanol–water partition coefficient (Wildman–Crippen LogP) is 2.95. The Kier molecular flexibility index (Phi) is 2.94. The molecule has 0 bridgehead atoms. The minimum Gasteiger partial charge on any atom is -0.506 e. The monoisotopic (exact) mass is 305 g/mol. The van der Waals surface area contributed by atoms with Gasteiger partial charge in [-0.2, -0.15) is 10.1 Å². The van der Waals surface area contributed by atoms with Crippen molar-refractivity contribution in [3.63, 3.8) is 0 Å². The van der Waals surface area contributed by atoms with Gasteiger partial charge in [0.05, 0.1) is 5.69 Å². The molecule has 2 heterocycles. The van der Waals surface area contributed by atoms with Crippen LogP contribution in [-0.4, -0.2) is 20.2 Å². The van der Waals surface area contributed by atoms with E-state index in [1.54, 1.807) is 24.3 Å². The van der Waals surface area contributed by atoms with E-state index in [0.29, 0.717) is 11.1 Å². The van der Waals surface area contributed by atoms with Gasteiger partial charge in [-0.3, -0.25) is 0 Å². The lowest BCUT2D eigenvalue weighted by atomic mass is 10.1. The normalized spacial score (nSPS) is 11.0. The third-order valence-corrected chi connectivity index (χ3v) is 3.56. The summed E-state index contributed by atoms with van der Waals surface area (Å²) in [4.78, 5) is 19.2. The van der Waals surface area contributed by atoms with Gasteiger partial charge in [0.1, 0.15) is 11.3 Å². The highest BCUT2D eigenvalue weighted by atomic mass is 16.5. The van der Waals surface area contributed by atoms with E-state index in [0.717, 1.165) is 16.6 Å². The summed E-state index contributed by atoms with van der Waals surface area (Å²) < 4.78 is 4.97. The molecule has 2 aromatic heterocycles. The number of fused-ring (bicyclic) bond motifs is 1. The number of benzene rings is 2. The van der Waals surface area contributed by atoms with Crippen LogP contribution in [0.25, 0.3) is 33.6 Å². The minimum absolute atomic E-state index is 0.152. The Morgan fingerprint density at radius 2 is 1.70 bits per heavy atom. The summed E-state index contributed by atoms with van der Waals surface area (Å²) in [6.45, 7) is 0. The molecule has 6 nitrogen and oxygen atoms in total. The molecule has 0 radical (unpaired) electrons. The lowest BCUT2D eigenvalue weighted by Crippen LogP contribution is -1.99. The van der Waals surface area contributed by atoms with Gasteiger partial charge in [-0.1, -0.05) is 30.3 Å². The van der Waals surface area contributed by atoms with E-state index >= 15 is 0 Å². The van der Waals surface area contributed by atoms with E-state index in [1.807, 2.05) is 30.3 Å². The second kappa shape index (κ2) is 5.10. The molecule has 4 rings (SSSR count). The maximum absolute atomic E-state index is 11.0. The van der Waals surface area contributed by atoms with E-state index in [4.69, 9.17) is 4.52 Å². The summed E-state index contributed by atoms with van der Waals surface area (Å²) in [5.41, 5.74) is 2.37. The van der Waals surface area contributed by atoms with Crippen molar-refractivity contribution in [2.24, 2.45) is 0 Å². The number of phenols is 1. The fraction of sp³-hybridized carbons (Fsp3) is 0. The van der Waals surface area contributed by atoms with Crippen LogP contribution >= 0.6 is 0 Å². The summed E-state index contributed by atoms with van der Waals surface area (Å²) in [6.07, 6.45) is 0. The Labute approximate surface area is 130 Å². The lowest BCUT2D eigenvalue weighted by molar-refractivity contribution is 0.424. The molecule has 0 atom stereocenters. The first-order valence-electron chi connectivity index (χ1n) is 6.96. The number of nitrogens with one attached hydrogen (secondary N) is 1. The smallest absolute Gasteiger partial charge is 0.377 e. The van der Waals surface area contributed by atoms with Gasteiger partial charge in [0.25, 0.3) is 5.89 Å². The number of rotatable bonds is 2. The first-order chi connectivity index (χ1) is 11.2. The highest BCUT2D eigenvalue weighted by Gasteiger charge is 2.08. The molecule has 112 valence electrons. The van der Waals surface area contributed by atoms with Gasteiger partial charge >= 0.3 is 5.69 Å². The Bertz CT molecular complexity index is 1050. The summed E-state index contributed by atoms with van der Waals surface area (Å²) in [7, 11) is 0. The number of nitrogens with zero attached hydrogens (tertiary/aromatic N) is 2. The largest absolute Gasteiger partial charge is 0.506 e. The maximum Gasteiger partial charge on any atom is 0.377 e. The number of aromatic nitrogens is 3. The number of H-pyrrole nitrogens is 1. The molecule has 0 unspecified atom stereocenters. The van der Waals surface area contributed by atoms with Crippen molar-refractivity contribution < 1.29 is 9.63 Å². The average Bonchev–Trinajstić information content (AvgIpc) is 3.02. The summed E-state index contributed by atoms with van der Waals surface area (Å²) in [5.74, 6) is 0.393. The van der Waals surface area contributed by atoms with E-state index in [-0.39, 0.29) is 11.6 Å². The van der Waals surface area contributed by atoms with Crippen molar-refractivity contribution in [3.8, 4) is 28.5 Å². The zero-order chi connectivity index (χ0) is 15.8. The van der Waals surface area contributed by atoms with Crippen LogP contribution in [0, 0.1) is 0 Å². The summed E-state index contributed by atoms with van der Waals surface area (Å²) >= 11 is 0. The lowest BCUT2D eigenvalue weighted by Gasteiger charge is -2.05. The molecule has 0 aliphatic heterocycles. The Hall–Kier alpha value is -3.41. The molecule has 2 N–H and O–H groups in total. The molecule has 6 heteroatoms. The van der Waals surface area contributed by atoms with Crippen LogP contribution in [0.4, 0.5) is 0 Å². The van der Waals surface area contributed by atoms with Crippen LogP contribution < -0.4 is 5.69 Å². The quantitative estimate of drug-likeness (QED) is 0.594. The number of hydrogen-bond acceptors (Lipinski definition) is 5. The van der Waals surface area contributed by atoms with Crippen LogP contribution in [0.3, 0.4) is 0 Å². The molecule has 23 heavy (non-hydrogen) atoms. The van der Waals surface area contributed by atoms with Crippen molar-refractivity contribution in [1.82, 2.24) is 15.1 Å². The van der Waals surface area contributed by atoms with Crippen molar-refractivity contribution >= 4 is 10.9 Å². The molecule has 0 amide bonds. The van der Waals surface area contributed by atoms with Crippen LogP contribution in [0.2, 0.25) is 0 Å². The van der Waals surface area contributed by atoms with Crippen molar-refractivity contribution in [2.45, 2.75) is 0 Å². The van der Waals surface area contributed by atoms with E-state index in [1.165, 1.54) is 0 Å². The number of phenolic OH excluding ortho intramolecular Hbond substituents is 1. The third-order valence-electron chi connectivity index (χ3n) is 3.56. The summed E-state index contributed by atoms with van der Waals surface area (Å²) in [6, 6.07) is 16.4. The van der Waals surface area contributed by atoms with Crippen LogP contribution in [0.5, 0.6) is 5.75 Å². The topological polar surface area (TPSA) is 92.0 Å². The highest BCUT2D eigenvalue weighted by Crippen LogP contribution is 2.27. The van der Waals surface area contributed by atoms with Crippen molar-refractivity contribution in [1.29, 1.82) is 0 Å². The fourth-order valence-corrected chi connectivity index (χ4v) is 2.43. The van der Waals surface area contributed by atoms with Gasteiger partial charge in [-0.15, -0.1) is 0 Å². The molecular weight excluding hydrogens is 294 g/mol. The summed E-state index contributed by atoms with van der Waals surface area (Å²) in [5, 5.41) is 13.0. The Morgan fingerprint density at radius 3 is 2.43 bits per heavy atom. The number of para-hydroxylation sites is 1. The second-order valence-corrected chi connectivity index (χ2v) is 5.05.